The van der Waals surface area contributed by atoms with Gasteiger partial charge in [0.1, 0.15) is 0 Å². The lowest BCUT2D eigenvalue weighted by molar-refractivity contribution is -0.387. The first-order valence-corrected chi connectivity index (χ1v) is 6.90. The molecule has 21 heavy (non-hydrogen) atoms. The number of anilines is 2. The van der Waals surface area contributed by atoms with E-state index in [4.69, 9.17) is 5.73 Å². The number of nitrogen functional groups attached to an aromatic ring is 1. The Morgan fingerprint density at radius 1 is 1.29 bits per heavy atom. The van der Waals surface area contributed by atoms with E-state index in [0.717, 1.165) is 24.3 Å². The first-order chi connectivity index (χ1) is 9.79. The third-order valence-electron chi connectivity index (χ3n) is 2.39. The van der Waals surface area contributed by atoms with E-state index in [1.807, 2.05) is 9.82 Å². The molecule has 0 aliphatic carbocycles. The monoisotopic (exact) mass is 311 g/mol. The molecular formula is C10H9N5O5S. The zero-order valence-electron chi connectivity index (χ0n) is 10.3. The van der Waals surface area contributed by atoms with Crippen molar-refractivity contribution in [2.75, 3.05) is 10.5 Å². The lowest BCUT2D eigenvalue weighted by atomic mass is 10.3. The van der Waals surface area contributed by atoms with Crippen molar-refractivity contribution in [2.24, 2.45) is 0 Å². The molecule has 110 valence electrons. The van der Waals surface area contributed by atoms with Crippen LogP contribution in [0, 0.1) is 10.1 Å². The number of nitrogens with one attached hydrogen (secondary N) is 2. The number of hydrogen-bond donors (Lipinski definition) is 3. The first-order valence-electron chi connectivity index (χ1n) is 5.42. The third kappa shape index (κ3) is 3.14. The van der Waals surface area contributed by atoms with Crippen LogP contribution in [0.2, 0.25) is 0 Å². The van der Waals surface area contributed by atoms with E-state index < -0.39 is 31.1 Å². The Morgan fingerprint density at radius 2 is 2.00 bits per heavy atom. The molecule has 11 heteroatoms. The highest BCUT2D eigenvalue weighted by atomic mass is 32.2. The average molecular weight is 311 g/mol. The number of sulfonamides is 1. The standard InChI is InChI=1S/C10H9N5O5S/c11-6-1-2-8(7(5-6)15(17)18)21(19,20)14-9-3-4-10(16)13-12-9/h1-5H,11H2,(H,12,14)(H,13,16). The van der Waals surface area contributed by atoms with Gasteiger partial charge in [-0.1, -0.05) is 0 Å². The van der Waals surface area contributed by atoms with E-state index in [0.29, 0.717) is 0 Å². The zero-order chi connectivity index (χ0) is 15.6. The summed E-state index contributed by atoms with van der Waals surface area (Å²) >= 11 is 0. The summed E-state index contributed by atoms with van der Waals surface area (Å²) < 4.78 is 26.3. The molecule has 0 fully saturated rings. The summed E-state index contributed by atoms with van der Waals surface area (Å²) in [6, 6.07) is 5.36. The molecule has 0 saturated heterocycles. The van der Waals surface area contributed by atoms with Crippen molar-refractivity contribution in [3.05, 3.63) is 50.8 Å². The molecule has 0 aliphatic rings. The summed E-state index contributed by atoms with van der Waals surface area (Å²) in [6.45, 7) is 0. The SMILES string of the molecule is Nc1ccc(S(=O)(=O)Nc2ccc(=O)[nH]n2)c([N+](=O)[O-])c1. The predicted molar refractivity (Wildman–Crippen MR) is 73.2 cm³/mol. The lowest BCUT2D eigenvalue weighted by Gasteiger charge is -2.07. The molecule has 1 heterocycles. The Bertz CT molecular complexity index is 840. The minimum Gasteiger partial charge on any atom is -0.399 e. The number of benzene rings is 1. The highest BCUT2D eigenvalue weighted by molar-refractivity contribution is 7.92. The molecule has 1 aromatic carbocycles. The molecule has 0 saturated carbocycles. The molecule has 0 spiro atoms. The molecule has 0 unspecified atom stereocenters. The Kier molecular flexibility index (Phi) is 3.58. The summed E-state index contributed by atoms with van der Waals surface area (Å²) in [5.74, 6) is -0.180. The number of nitrogens with two attached hydrogens (primary N) is 1. The fraction of sp³-hybridized carbons (Fsp3) is 0. The van der Waals surface area contributed by atoms with Crippen LogP contribution in [0.15, 0.2) is 40.0 Å². The fourth-order valence-electron chi connectivity index (χ4n) is 1.50. The van der Waals surface area contributed by atoms with Crippen LogP contribution in [0.3, 0.4) is 0 Å². The Labute approximate surface area is 117 Å². The van der Waals surface area contributed by atoms with Gasteiger partial charge in [-0.15, -0.1) is 0 Å². The molecular weight excluding hydrogens is 302 g/mol. The van der Waals surface area contributed by atoms with Crippen molar-refractivity contribution in [3.63, 3.8) is 0 Å². The van der Waals surface area contributed by atoms with Crippen LogP contribution >= 0.6 is 0 Å². The topological polar surface area (TPSA) is 161 Å². The van der Waals surface area contributed by atoms with Gasteiger partial charge in [-0.25, -0.2) is 13.5 Å². The van der Waals surface area contributed by atoms with Gasteiger partial charge < -0.3 is 5.73 Å². The zero-order valence-corrected chi connectivity index (χ0v) is 11.1. The molecule has 0 radical (unpaired) electrons. The predicted octanol–water partition coefficient (Wildman–Crippen LogP) is 0.0611. The van der Waals surface area contributed by atoms with Gasteiger partial charge in [-0.05, 0) is 18.2 Å². The smallest absolute Gasteiger partial charge is 0.291 e. The second-order valence-corrected chi connectivity index (χ2v) is 5.55. The van der Waals surface area contributed by atoms with Crippen LogP contribution in [0.5, 0.6) is 0 Å². The van der Waals surface area contributed by atoms with Gasteiger partial charge >= 0.3 is 0 Å². The van der Waals surface area contributed by atoms with Gasteiger partial charge in [0, 0.05) is 17.8 Å². The normalized spacial score (nSPS) is 11.0. The molecule has 0 bridgehead atoms. The number of nitro benzene ring substituents is 1. The molecule has 0 atom stereocenters. The Hall–Kier alpha value is -2.95. The minimum atomic E-state index is -4.25. The van der Waals surface area contributed by atoms with Gasteiger partial charge in [-0.3, -0.25) is 19.6 Å². The van der Waals surface area contributed by atoms with Gasteiger partial charge in [0.15, 0.2) is 10.7 Å². The molecule has 0 amide bonds. The molecule has 1 aromatic heterocycles. The number of rotatable bonds is 4. The number of aromatic amines is 1. The lowest BCUT2D eigenvalue weighted by Crippen LogP contribution is -2.17. The Morgan fingerprint density at radius 3 is 2.57 bits per heavy atom. The average Bonchev–Trinajstić information content (AvgIpc) is 2.40. The number of nitrogens with zero attached hydrogens (tertiary/aromatic N) is 2. The van der Waals surface area contributed by atoms with Gasteiger partial charge in [0.25, 0.3) is 21.3 Å². The van der Waals surface area contributed by atoms with E-state index in [-0.39, 0.29) is 11.5 Å². The summed E-state index contributed by atoms with van der Waals surface area (Å²) in [4.78, 5) is 20.3. The third-order valence-corrected chi connectivity index (χ3v) is 3.79. The maximum absolute atomic E-state index is 12.1. The van der Waals surface area contributed by atoms with E-state index in [2.05, 4.69) is 5.10 Å². The maximum atomic E-state index is 12.1. The number of nitro groups is 1. The largest absolute Gasteiger partial charge is 0.399 e. The van der Waals surface area contributed by atoms with Crippen molar-refractivity contribution in [1.29, 1.82) is 0 Å². The van der Waals surface area contributed by atoms with E-state index in [9.17, 15) is 23.3 Å². The first kappa shape index (κ1) is 14.5. The summed E-state index contributed by atoms with van der Waals surface area (Å²) in [7, 11) is -4.25. The maximum Gasteiger partial charge on any atom is 0.291 e. The Balaban J connectivity index is 2.47. The van der Waals surface area contributed by atoms with Gasteiger partial charge in [0.2, 0.25) is 0 Å². The number of aromatic nitrogens is 2. The second-order valence-electron chi connectivity index (χ2n) is 3.90. The molecule has 4 N–H and O–H groups in total. The number of H-pyrrole nitrogens is 1. The van der Waals surface area contributed by atoms with Gasteiger partial charge in [0.05, 0.1) is 4.92 Å². The van der Waals surface area contributed by atoms with Crippen molar-refractivity contribution in [2.45, 2.75) is 4.90 Å². The van der Waals surface area contributed by atoms with Crippen LogP contribution in [0.25, 0.3) is 0 Å². The number of hydrogen-bond acceptors (Lipinski definition) is 7. The van der Waals surface area contributed by atoms with Crippen LogP contribution < -0.4 is 16.0 Å². The fourth-order valence-corrected chi connectivity index (χ4v) is 2.65. The van der Waals surface area contributed by atoms with Crippen LogP contribution in [0.4, 0.5) is 17.2 Å². The van der Waals surface area contributed by atoms with Crippen LogP contribution in [0.1, 0.15) is 0 Å². The van der Waals surface area contributed by atoms with Crippen molar-refractivity contribution in [3.8, 4) is 0 Å². The molecule has 10 nitrogen and oxygen atoms in total. The highest BCUT2D eigenvalue weighted by Gasteiger charge is 2.26. The second kappa shape index (κ2) is 5.20. The van der Waals surface area contributed by atoms with Crippen LogP contribution in [-0.2, 0) is 10.0 Å². The highest BCUT2D eigenvalue weighted by Crippen LogP contribution is 2.27. The van der Waals surface area contributed by atoms with E-state index >= 15 is 0 Å². The summed E-state index contributed by atoms with van der Waals surface area (Å²) in [6.07, 6.45) is 0. The summed E-state index contributed by atoms with van der Waals surface area (Å²) in [5.41, 5.74) is 4.29. The molecule has 2 rings (SSSR count). The summed E-state index contributed by atoms with van der Waals surface area (Å²) in [5, 5.41) is 16.4. The minimum absolute atomic E-state index is 0.0582. The molecule has 2 aromatic rings. The van der Waals surface area contributed by atoms with E-state index in [1.54, 1.807) is 0 Å². The quantitative estimate of drug-likeness (QED) is 0.408. The van der Waals surface area contributed by atoms with Gasteiger partial charge in [-0.2, -0.15) is 5.10 Å². The molecule has 0 aliphatic heterocycles. The van der Waals surface area contributed by atoms with E-state index in [1.165, 1.54) is 6.07 Å². The van der Waals surface area contributed by atoms with Crippen molar-refractivity contribution >= 4 is 27.2 Å². The van der Waals surface area contributed by atoms with Crippen LogP contribution in [-0.4, -0.2) is 23.5 Å². The van der Waals surface area contributed by atoms with Crippen molar-refractivity contribution in [1.82, 2.24) is 10.2 Å². The van der Waals surface area contributed by atoms with Crippen molar-refractivity contribution < 1.29 is 13.3 Å².